The van der Waals surface area contributed by atoms with Gasteiger partial charge in [0.1, 0.15) is 0 Å². The van der Waals surface area contributed by atoms with Crippen LogP contribution in [0.4, 0.5) is 24.5 Å². The van der Waals surface area contributed by atoms with E-state index in [1.807, 2.05) is 18.4 Å². The van der Waals surface area contributed by atoms with Gasteiger partial charge in [-0.1, -0.05) is 17.7 Å². The van der Waals surface area contributed by atoms with E-state index in [1.54, 1.807) is 40.2 Å². The first-order valence-corrected chi connectivity index (χ1v) is 10.6. The van der Waals surface area contributed by atoms with Crippen LogP contribution in [0.5, 0.6) is 0 Å². The van der Waals surface area contributed by atoms with Crippen molar-refractivity contribution in [2.24, 2.45) is 5.10 Å². The Balaban J connectivity index is 1.91. The molecule has 4 rings (SSSR count). The predicted octanol–water partition coefficient (Wildman–Crippen LogP) is 6.66. The first-order valence-electron chi connectivity index (χ1n) is 9.31. The van der Waals surface area contributed by atoms with Crippen LogP contribution in [-0.4, -0.2) is 11.6 Å². The molecule has 1 aromatic heterocycles. The molecule has 0 aliphatic carbocycles. The van der Waals surface area contributed by atoms with Crippen LogP contribution in [0.1, 0.15) is 29.1 Å². The molecule has 1 atom stereocenters. The average Bonchev–Trinajstić information content (AvgIpc) is 3.31. The van der Waals surface area contributed by atoms with Crippen LogP contribution in [0.15, 0.2) is 65.1 Å². The maximum absolute atomic E-state index is 13.4. The highest BCUT2D eigenvalue weighted by Crippen LogP contribution is 2.43. The molecule has 0 spiro atoms. The van der Waals surface area contributed by atoms with E-state index in [0.717, 1.165) is 22.6 Å². The molecule has 0 amide bonds. The van der Waals surface area contributed by atoms with E-state index in [0.29, 0.717) is 10.7 Å². The summed E-state index contributed by atoms with van der Waals surface area (Å²) in [6.07, 6.45) is -5.13. The van der Waals surface area contributed by atoms with Crippen molar-refractivity contribution in [3.8, 4) is 0 Å². The summed E-state index contributed by atoms with van der Waals surface area (Å²) < 4.78 is 40.2. The predicted molar refractivity (Wildman–Crippen MR) is 118 cm³/mol. The molecule has 0 radical (unpaired) electrons. The number of nitrogens with zero attached hydrogens (tertiary/aromatic N) is 3. The third kappa shape index (κ3) is 4.05. The van der Waals surface area contributed by atoms with E-state index in [-0.39, 0.29) is 17.3 Å². The molecule has 160 valence electrons. The van der Waals surface area contributed by atoms with Crippen molar-refractivity contribution in [1.82, 2.24) is 0 Å². The van der Waals surface area contributed by atoms with Crippen molar-refractivity contribution >= 4 is 45.9 Å². The number of hydrazone groups is 1. The van der Waals surface area contributed by atoms with Gasteiger partial charge in [0.15, 0.2) is 17.8 Å². The number of benzene rings is 2. The highest BCUT2D eigenvalue weighted by molar-refractivity contribution is 7.10. The summed E-state index contributed by atoms with van der Waals surface area (Å²) in [5.41, 5.74) is 1.05. The quantitative estimate of drug-likeness (QED) is 0.434. The van der Waals surface area contributed by atoms with Gasteiger partial charge in [0.2, 0.25) is 0 Å². The number of ketones is 1. The Kier molecular flexibility index (Phi) is 5.53. The SMILES string of the molecule is CC(=O)C1=NN(c2ccc(Cl)cc2)C(c2sccc2C)N1c1cccc(C(F)(F)F)c1. The molecular weight excluding hydrogens is 447 g/mol. The highest BCUT2D eigenvalue weighted by atomic mass is 35.5. The summed E-state index contributed by atoms with van der Waals surface area (Å²) in [7, 11) is 0. The van der Waals surface area contributed by atoms with Gasteiger partial charge in [-0.3, -0.25) is 9.69 Å². The number of rotatable bonds is 4. The molecule has 0 bridgehead atoms. The molecule has 1 aliphatic rings. The van der Waals surface area contributed by atoms with Crippen LogP contribution in [-0.2, 0) is 11.0 Å². The Morgan fingerprint density at radius 1 is 1.10 bits per heavy atom. The first-order chi connectivity index (χ1) is 14.7. The molecule has 0 N–H and O–H groups in total. The number of carbonyl (C=O) groups is 1. The summed E-state index contributed by atoms with van der Waals surface area (Å²) in [4.78, 5) is 14.9. The fraction of sp³-hybridized carbons (Fsp3) is 0.182. The lowest BCUT2D eigenvalue weighted by Crippen LogP contribution is -2.37. The summed E-state index contributed by atoms with van der Waals surface area (Å²) in [5.74, 6) is -0.292. The van der Waals surface area contributed by atoms with E-state index in [2.05, 4.69) is 5.10 Å². The molecule has 0 saturated heterocycles. The van der Waals surface area contributed by atoms with Gasteiger partial charge in [0.05, 0.1) is 16.1 Å². The van der Waals surface area contributed by atoms with Gasteiger partial charge >= 0.3 is 6.18 Å². The molecule has 2 heterocycles. The summed E-state index contributed by atoms with van der Waals surface area (Å²) in [6, 6.07) is 13.8. The molecule has 2 aromatic carbocycles. The minimum atomic E-state index is -4.51. The standard InChI is InChI=1S/C22H17ClF3N3OS/c1-13-10-11-31-19(13)21-28(18-5-3-4-15(12-18)22(24,25)26)20(14(2)30)27-29(21)17-8-6-16(23)7-9-17/h3-12,21H,1-2H3. The molecule has 0 fully saturated rings. The maximum atomic E-state index is 13.4. The summed E-state index contributed by atoms with van der Waals surface area (Å²) in [6.45, 7) is 3.27. The van der Waals surface area contributed by atoms with E-state index in [4.69, 9.17) is 11.6 Å². The van der Waals surface area contributed by atoms with E-state index < -0.39 is 17.9 Å². The van der Waals surface area contributed by atoms with Crippen LogP contribution in [0.3, 0.4) is 0 Å². The molecule has 0 saturated carbocycles. The number of halogens is 4. The van der Waals surface area contributed by atoms with Gasteiger partial charge in [-0.15, -0.1) is 16.4 Å². The molecular formula is C22H17ClF3N3OS. The van der Waals surface area contributed by atoms with Gasteiger partial charge in [-0.25, -0.2) is 5.01 Å². The molecule has 31 heavy (non-hydrogen) atoms. The van der Waals surface area contributed by atoms with Crippen LogP contribution >= 0.6 is 22.9 Å². The number of alkyl halides is 3. The molecule has 4 nitrogen and oxygen atoms in total. The van der Waals surface area contributed by atoms with Gasteiger partial charge in [0, 0.05) is 17.6 Å². The lowest BCUT2D eigenvalue weighted by atomic mass is 10.1. The second-order valence-corrected chi connectivity index (χ2v) is 8.44. The lowest BCUT2D eigenvalue weighted by Gasteiger charge is -2.32. The Bertz CT molecular complexity index is 1160. The van der Waals surface area contributed by atoms with Crippen molar-refractivity contribution in [2.45, 2.75) is 26.2 Å². The zero-order valence-corrected chi connectivity index (χ0v) is 18.1. The van der Waals surface area contributed by atoms with Gasteiger partial charge in [-0.05, 0) is 66.4 Å². The highest BCUT2D eigenvalue weighted by Gasteiger charge is 2.41. The van der Waals surface area contributed by atoms with E-state index >= 15 is 0 Å². The number of amidine groups is 1. The maximum Gasteiger partial charge on any atom is 0.416 e. The number of anilines is 2. The minimum Gasteiger partial charge on any atom is -0.294 e. The normalized spacial score (nSPS) is 16.6. The van der Waals surface area contributed by atoms with Gasteiger partial charge in [-0.2, -0.15) is 13.2 Å². The second kappa shape index (κ2) is 8.01. The summed E-state index contributed by atoms with van der Waals surface area (Å²) in [5, 5.41) is 8.61. The Hall–Kier alpha value is -2.84. The number of thiophene rings is 1. The Labute approximate surface area is 186 Å². The van der Waals surface area contributed by atoms with Crippen LogP contribution in [0.2, 0.25) is 5.02 Å². The number of carbonyl (C=O) groups excluding carboxylic acids is 1. The van der Waals surface area contributed by atoms with Crippen molar-refractivity contribution < 1.29 is 18.0 Å². The van der Waals surface area contributed by atoms with Crippen molar-refractivity contribution in [2.75, 3.05) is 9.91 Å². The van der Waals surface area contributed by atoms with E-state index in [1.165, 1.54) is 24.3 Å². The fourth-order valence-electron chi connectivity index (χ4n) is 3.44. The van der Waals surface area contributed by atoms with Gasteiger partial charge in [0.25, 0.3) is 0 Å². The fourth-order valence-corrected chi connectivity index (χ4v) is 4.56. The smallest absolute Gasteiger partial charge is 0.294 e. The topological polar surface area (TPSA) is 35.9 Å². The van der Waals surface area contributed by atoms with Crippen LogP contribution in [0, 0.1) is 6.92 Å². The zero-order chi connectivity index (χ0) is 22.3. The molecule has 9 heteroatoms. The Morgan fingerprint density at radius 2 is 1.81 bits per heavy atom. The monoisotopic (exact) mass is 463 g/mol. The molecule has 1 aliphatic heterocycles. The number of hydrogen-bond donors (Lipinski definition) is 0. The number of aryl methyl sites for hydroxylation is 1. The average molecular weight is 464 g/mol. The zero-order valence-electron chi connectivity index (χ0n) is 16.5. The Morgan fingerprint density at radius 3 is 2.39 bits per heavy atom. The third-order valence-corrected chi connectivity index (χ3v) is 6.21. The van der Waals surface area contributed by atoms with Gasteiger partial charge < -0.3 is 0 Å². The van der Waals surface area contributed by atoms with E-state index in [9.17, 15) is 18.0 Å². The minimum absolute atomic E-state index is 0.0621. The number of hydrogen-bond acceptors (Lipinski definition) is 5. The molecule has 1 unspecified atom stereocenters. The largest absolute Gasteiger partial charge is 0.416 e. The number of Topliss-reactive ketones (excluding diaryl/α,β-unsaturated/α-hetero) is 1. The van der Waals surface area contributed by atoms with Crippen LogP contribution in [0.25, 0.3) is 0 Å². The van der Waals surface area contributed by atoms with Crippen molar-refractivity contribution in [1.29, 1.82) is 0 Å². The molecule has 3 aromatic rings. The first kappa shape index (κ1) is 21.4. The van der Waals surface area contributed by atoms with Crippen molar-refractivity contribution in [3.05, 3.63) is 81.0 Å². The van der Waals surface area contributed by atoms with Crippen LogP contribution < -0.4 is 9.91 Å². The summed E-state index contributed by atoms with van der Waals surface area (Å²) >= 11 is 7.47. The second-order valence-electron chi connectivity index (χ2n) is 7.06. The third-order valence-electron chi connectivity index (χ3n) is 4.90. The lowest BCUT2D eigenvalue weighted by molar-refractivity contribution is -0.137. The van der Waals surface area contributed by atoms with Crippen molar-refractivity contribution in [3.63, 3.8) is 0 Å².